The van der Waals surface area contributed by atoms with Crippen molar-refractivity contribution in [2.75, 3.05) is 12.4 Å². The number of thioether (sulfide) groups is 1. The molecule has 1 N–H and O–H groups in total. The Hall–Kier alpha value is -0.770. The Balaban J connectivity index is 1.63. The average molecular weight is 277 g/mol. The van der Waals surface area contributed by atoms with Gasteiger partial charge in [-0.1, -0.05) is 19.3 Å². The Kier molecular flexibility index (Phi) is 4.26. The molecule has 0 atom stereocenters. The number of anilines is 1. The van der Waals surface area contributed by atoms with Crippen LogP contribution in [0.15, 0.2) is 6.07 Å². The van der Waals surface area contributed by atoms with Crippen LogP contribution in [0, 0.1) is 0 Å². The Morgan fingerprint density at radius 3 is 2.63 bits per heavy atom. The summed E-state index contributed by atoms with van der Waals surface area (Å²) < 4.78 is 0. The molecule has 0 aliphatic heterocycles. The van der Waals surface area contributed by atoms with Gasteiger partial charge in [0.25, 0.3) is 0 Å². The van der Waals surface area contributed by atoms with Crippen molar-refractivity contribution in [1.82, 2.24) is 9.97 Å². The third-order valence-electron chi connectivity index (χ3n) is 4.04. The van der Waals surface area contributed by atoms with E-state index in [1.165, 1.54) is 50.6 Å². The SMILES string of the molecule is CNc1cc(C2CC2)nc(CSC2CCCCC2)n1. The summed E-state index contributed by atoms with van der Waals surface area (Å²) in [4.78, 5) is 9.36. The topological polar surface area (TPSA) is 37.8 Å². The highest BCUT2D eigenvalue weighted by Gasteiger charge is 2.26. The van der Waals surface area contributed by atoms with Gasteiger partial charge in [0.05, 0.1) is 5.75 Å². The van der Waals surface area contributed by atoms with Crippen molar-refractivity contribution in [3.63, 3.8) is 0 Å². The van der Waals surface area contributed by atoms with E-state index in [2.05, 4.69) is 28.1 Å². The van der Waals surface area contributed by atoms with Crippen LogP contribution in [-0.2, 0) is 5.75 Å². The fourth-order valence-electron chi connectivity index (χ4n) is 2.72. The molecule has 0 saturated heterocycles. The normalized spacial score (nSPS) is 20.5. The molecule has 0 amide bonds. The number of aromatic nitrogens is 2. The molecule has 3 nitrogen and oxygen atoms in total. The second-order valence-corrected chi connectivity index (χ2v) is 6.98. The number of nitrogens with one attached hydrogen (secondary N) is 1. The fourth-order valence-corrected chi connectivity index (χ4v) is 3.90. The van der Waals surface area contributed by atoms with E-state index >= 15 is 0 Å². The third-order valence-corrected chi connectivity index (χ3v) is 5.41. The minimum absolute atomic E-state index is 0.702. The van der Waals surface area contributed by atoms with Gasteiger partial charge in [0, 0.05) is 30.0 Å². The largest absolute Gasteiger partial charge is 0.373 e. The molecule has 3 rings (SSSR count). The number of hydrogen-bond donors (Lipinski definition) is 1. The number of nitrogens with zero attached hydrogens (tertiary/aromatic N) is 2. The zero-order valence-electron chi connectivity index (χ0n) is 11.7. The van der Waals surface area contributed by atoms with Gasteiger partial charge in [-0.15, -0.1) is 0 Å². The van der Waals surface area contributed by atoms with E-state index < -0.39 is 0 Å². The maximum Gasteiger partial charge on any atom is 0.140 e. The van der Waals surface area contributed by atoms with Crippen molar-refractivity contribution >= 4 is 17.6 Å². The molecule has 19 heavy (non-hydrogen) atoms. The van der Waals surface area contributed by atoms with Crippen molar-refractivity contribution < 1.29 is 0 Å². The zero-order chi connectivity index (χ0) is 13.1. The highest BCUT2D eigenvalue weighted by atomic mass is 32.2. The summed E-state index contributed by atoms with van der Waals surface area (Å²) in [5, 5.41) is 4.00. The average Bonchev–Trinajstić information content (AvgIpc) is 3.30. The maximum atomic E-state index is 4.76. The van der Waals surface area contributed by atoms with Gasteiger partial charge in [0.2, 0.25) is 0 Å². The van der Waals surface area contributed by atoms with Crippen molar-refractivity contribution in [3.05, 3.63) is 17.6 Å². The van der Waals surface area contributed by atoms with Crippen molar-refractivity contribution in [2.24, 2.45) is 0 Å². The van der Waals surface area contributed by atoms with Crippen LogP contribution in [0.1, 0.15) is 62.4 Å². The molecule has 0 radical (unpaired) electrons. The molecular weight excluding hydrogens is 254 g/mol. The van der Waals surface area contributed by atoms with Gasteiger partial charge in [-0.25, -0.2) is 9.97 Å². The molecule has 4 heteroatoms. The van der Waals surface area contributed by atoms with Crippen molar-refractivity contribution in [3.8, 4) is 0 Å². The second kappa shape index (κ2) is 6.12. The lowest BCUT2D eigenvalue weighted by Gasteiger charge is -2.20. The highest BCUT2D eigenvalue weighted by molar-refractivity contribution is 7.99. The van der Waals surface area contributed by atoms with Crippen LogP contribution >= 0.6 is 11.8 Å². The number of hydrogen-bond acceptors (Lipinski definition) is 4. The Labute approximate surface area is 120 Å². The first-order chi connectivity index (χ1) is 9.35. The molecule has 0 unspecified atom stereocenters. The summed E-state index contributed by atoms with van der Waals surface area (Å²) in [5.74, 6) is 3.67. The standard InChI is InChI=1S/C15H23N3S/c1-16-14-9-13(11-7-8-11)17-15(18-14)10-19-12-5-3-2-4-6-12/h9,11-12H,2-8,10H2,1H3,(H,16,17,18). The Bertz CT molecular complexity index is 425. The molecule has 1 aromatic rings. The maximum absolute atomic E-state index is 4.76. The molecule has 2 saturated carbocycles. The van der Waals surface area contributed by atoms with Crippen LogP contribution in [0.25, 0.3) is 0 Å². The van der Waals surface area contributed by atoms with Gasteiger partial charge in [-0.05, 0) is 25.7 Å². The van der Waals surface area contributed by atoms with E-state index in [1.807, 2.05) is 7.05 Å². The van der Waals surface area contributed by atoms with Crippen LogP contribution in [0.3, 0.4) is 0 Å². The Morgan fingerprint density at radius 1 is 1.16 bits per heavy atom. The minimum Gasteiger partial charge on any atom is -0.373 e. The summed E-state index contributed by atoms with van der Waals surface area (Å²) >= 11 is 2.06. The lowest BCUT2D eigenvalue weighted by Crippen LogP contribution is -2.09. The van der Waals surface area contributed by atoms with Crippen LogP contribution in [0.2, 0.25) is 0 Å². The minimum atomic E-state index is 0.702. The fraction of sp³-hybridized carbons (Fsp3) is 0.733. The molecule has 104 valence electrons. The van der Waals surface area contributed by atoms with Gasteiger partial charge in [0.1, 0.15) is 11.6 Å². The lowest BCUT2D eigenvalue weighted by molar-refractivity contribution is 0.516. The predicted octanol–water partition coefficient (Wildman–Crippen LogP) is 3.96. The molecule has 2 aliphatic rings. The molecule has 2 fully saturated rings. The first-order valence-corrected chi connectivity index (χ1v) is 8.57. The monoisotopic (exact) mass is 277 g/mol. The van der Waals surface area contributed by atoms with E-state index in [1.54, 1.807) is 0 Å². The summed E-state index contributed by atoms with van der Waals surface area (Å²) in [5.41, 5.74) is 1.25. The molecular formula is C15H23N3S. The van der Waals surface area contributed by atoms with Crippen molar-refractivity contribution in [2.45, 2.75) is 61.9 Å². The van der Waals surface area contributed by atoms with Crippen LogP contribution in [0.5, 0.6) is 0 Å². The summed E-state index contributed by atoms with van der Waals surface area (Å²) in [6.07, 6.45) is 9.60. The summed E-state index contributed by atoms with van der Waals surface area (Å²) in [6.45, 7) is 0. The molecule has 0 bridgehead atoms. The van der Waals surface area contributed by atoms with Gasteiger partial charge in [0.15, 0.2) is 0 Å². The smallest absolute Gasteiger partial charge is 0.140 e. The molecule has 2 aliphatic carbocycles. The lowest BCUT2D eigenvalue weighted by atomic mass is 10.0. The summed E-state index contributed by atoms with van der Waals surface area (Å²) in [6, 6.07) is 2.12. The molecule has 0 spiro atoms. The molecule has 1 heterocycles. The van der Waals surface area contributed by atoms with E-state index in [4.69, 9.17) is 4.98 Å². The molecule has 0 aromatic carbocycles. The van der Waals surface area contributed by atoms with Crippen molar-refractivity contribution in [1.29, 1.82) is 0 Å². The second-order valence-electron chi connectivity index (χ2n) is 5.69. The van der Waals surface area contributed by atoms with Crippen LogP contribution in [-0.4, -0.2) is 22.3 Å². The van der Waals surface area contributed by atoms with Crippen LogP contribution in [0.4, 0.5) is 5.82 Å². The van der Waals surface area contributed by atoms with Gasteiger partial charge in [-0.2, -0.15) is 11.8 Å². The molecule has 1 aromatic heterocycles. The first kappa shape index (κ1) is 13.2. The highest BCUT2D eigenvalue weighted by Crippen LogP contribution is 2.39. The Morgan fingerprint density at radius 2 is 1.95 bits per heavy atom. The summed E-state index contributed by atoms with van der Waals surface area (Å²) in [7, 11) is 1.94. The predicted molar refractivity (Wildman–Crippen MR) is 81.7 cm³/mol. The van der Waals surface area contributed by atoms with E-state index in [0.29, 0.717) is 5.92 Å². The quantitative estimate of drug-likeness (QED) is 0.884. The zero-order valence-corrected chi connectivity index (χ0v) is 12.5. The van der Waals surface area contributed by atoms with E-state index in [0.717, 1.165) is 22.6 Å². The van der Waals surface area contributed by atoms with Gasteiger partial charge in [-0.3, -0.25) is 0 Å². The van der Waals surface area contributed by atoms with Crippen LogP contribution < -0.4 is 5.32 Å². The first-order valence-electron chi connectivity index (χ1n) is 7.52. The van der Waals surface area contributed by atoms with Gasteiger partial charge < -0.3 is 5.32 Å². The third kappa shape index (κ3) is 3.62. The van der Waals surface area contributed by atoms with Gasteiger partial charge >= 0.3 is 0 Å². The van der Waals surface area contributed by atoms with E-state index in [9.17, 15) is 0 Å². The number of rotatable bonds is 5. The van der Waals surface area contributed by atoms with E-state index in [-0.39, 0.29) is 0 Å².